The Bertz CT molecular complexity index is 419. The first kappa shape index (κ1) is 30.6. The Morgan fingerprint density at radius 3 is 1.54 bits per heavy atom. The average molecular weight is 402 g/mol. The van der Waals surface area contributed by atoms with Crippen molar-refractivity contribution in [3.63, 3.8) is 0 Å². The Balaban J connectivity index is -0.000000772. The summed E-state index contributed by atoms with van der Waals surface area (Å²) in [4.78, 5) is 10.5. The van der Waals surface area contributed by atoms with E-state index in [1.54, 1.807) is 0 Å². The molecule has 0 fully saturated rings. The van der Waals surface area contributed by atoms with Crippen LogP contribution in [0.1, 0.15) is 96.8 Å². The quantitative estimate of drug-likeness (QED) is 0.147. The first-order valence-electron chi connectivity index (χ1n) is 9.37. The third-order valence-electron chi connectivity index (χ3n) is 3.68. The Labute approximate surface area is 176 Å². The first-order chi connectivity index (χ1) is 11.8. The van der Waals surface area contributed by atoms with E-state index < -0.39 is 10.4 Å². The SMILES string of the molecule is CCCCCCCC/C=C\CCCCCCCC(N)=O.O=S(=O)([O-])[O-].[Mg+2]. The van der Waals surface area contributed by atoms with Gasteiger partial charge in [0.1, 0.15) is 0 Å². The molecule has 0 heterocycles. The number of carbonyl (C=O) groups is 1. The van der Waals surface area contributed by atoms with Crippen molar-refractivity contribution < 1.29 is 22.3 Å². The minimum absolute atomic E-state index is 0. The van der Waals surface area contributed by atoms with Crippen LogP contribution in [-0.2, 0) is 15.2 Å². The molecule has 0 rings (SSSR count). The van der Waals surface area contributed by atoms with E-state index >= 15 is 0 Å². The molecule has 0 unspecified atom stereocenters. The molecule has 0 aromatic carbocycles. The van der Waals surface area contributed by atoms with Crippen LogP contribution < -0.4 is 5.73 Å². The summed E-state index contributed by atoms with van der Waals surface area (Å²) in [6.45, 7) is 2.26. The Hall–Kier alpha value is -0.154. The van der Waals surface area contributed by atoms with E-state index in [-0.39, 0.29) is 29.0 Å². The smallest absolute Gasteiger partial charge is 0.759 e. The third kappa shape index (κ3) is 43.9. The Morgan fingerprint density at radius 2 is 1.15 bits per heavy atom. The normalized spacial score (nSPS) is 10.9. The van der Waals surface area contributed by atoms with Gasteiger partial charge < -0.3 is 14.8 Å². The predicted octanol–water partition coefficient (Wildman–Crippen LogP) is 3.79. The van der Waals surface area contributed by atoms with Crippen LogP contribution in [0, 0.1) is 0 Å². The van der Waals surface area contributed by atoms with Crippen molar-refractivity contribution >= 4 is 39.4 Å². The molecular weight excluding hydrogens is 367 g/mol. The molecule has 0 bridgehead atoms. The van der Waals surface area contributed by atoms with Gasteiger partial charge in [-0.25, -0.2) is 0 Å². The number of primary amides is 1. The minimum Gasteiger partial charge on any atom is -0.759 e. The van der Waals surface area contributed by atoms with Crippen molar-refractivity contribution in [3.8, 4) is 0 Å². The predicted molar refractivity (Wildman–Crippen MR) is 105 cm³/mol. The zero-order valence-corrected chi connectivity index (χ0v) is 18.5. The molecule has 26 heavy (non-hydrogen) atoms. The van der Waals surface area contributed by atoms with Crippen LogP contribution in [0.4, 0.5) is 0 Å². The van der Waals surface area contributed by atoms with Crippen molar-refractivity contribution in [2.24, 2.45) is 5.73 Å². The summed E-state index contributed by atoms with van der Waals surface area (Å²) in [5.41, 5.74) is 5.10. The second kappa shape index (κ2) is 22.9. The van der Waals surface area contributed by atoms with Crippen molar-refractivity contribution in [2.45, 2.75) is 96.8 Å². The number of hydrogen-bond donors (Lipinski definition) is 1. The summed E-state index contributed by atoms with van der Waals surface area (Å²) in [6, 6.07) is 0. The molecule has 0 aromatic rings. The van der Waals surface area contributed by atoms with Crippen LogP contribution in [0.3, 0.4) is 0 Å². The van der Waals surface area contributed by atoms with Crippen molar-refractivity contribution in [1.82, 2.24) is 0 Å². The second-order valence-electron chi connectivity index (χ2n) is 6.21. The topological polar surface area (TPSA) is 123 Å². The molecule has 0 aliphatic carbocycles. The van der Waals surface area contributed by atoms with Crippen molar-refractivity contribution in [3.05, 3.63) is 12.2 Å². The maximum absolute atomic E-state index is 10.5. The van der Waals surface area contributed by atoms with Crippen LogP contribution in [0.5, 0.6) is 0 Å². The van der Waals surface area contributed by atoms with E-state index in [9.17, 15) is 4.79 Å². The number of nitrogens with two attached hydrogens (primary N) is 1. The summed E-state index contributed by atoms with van der Waals surface area (Å²) in [6.07, 6.45) is 21.9. The standard InChI is InChI=1S/C18H35NO.Mg.H2O4S/c1-2-3-4-5-6-7-8-9-10-11-12-13-14-15-16-17-18(19)20;;1-5(2,3)4/h9-10H,2-8,11-17H2,1H3,(H2,19,20);;(H2,1,2,3,4)/q;+2;/p-2/b10-9-;;. The van der Waals surface area contributed by atoms with Gasteiger partial charge in [0.15, 0.2) is 0 Å². The molecule has 6 nitrogen and oxygen atoms in total. The molecule has 0 atom stereocenters. The van der Waals surface area contributed by atoms with Gasteiger partial charge in [-0.15, -0.1) is 0 Å². The number of hydrogen-bond acceptors (Lipinski definition) is 5. The van der Waals surface area contributed by atoms with Crippen LogP contribution >= 0.6 is 0 Å². The number of amides is 1. The fourth-order valence-electron chi connectivity index (χ4n) is 2.37. The maximum atomic E-state index is 10.5. The van der Waals surface area contributed by atoms with E-state index in [1.165, 1.54) is 70.6 Å². The minimum atomic E-state index is -5.17. The number of rotatable bonds is 15. The fourth-order valence-corrected chi connectivity index (χ4v) is 2.37. The van der Waals surface area contributed by atoms with Gasteiger partial charge in [-0.1, -0.05) is 70.4 Å². The molecule has 0 aliphatic heterocycles. The number of allylic oxidation sites excluding steroid dienone is 2. The van der Waals surface area contributed by atoms with Gasteiger partial charge in [0.2, 0.25) is 5.91 Å². The Morgan fingerprint density at radius 1 is 0.808 bits per heavy atom. The van der Waals surface area contributed by atoms with E-state index in [0.29, 0.717) is 6.42 Å². The molecule has 1 amide bonds. The second-order valence-corrected chi connectivity index (χ2v) is 7.03. The zero-order chi connectivity index (χ0) is 19.4. The molecule has 0 spiro atoms. The molecule has 0 saturated heterocycles. The van der Waals surface area contributed by atoms with Gasteiger partial charge in [0.05, 0.1) is 0 Å². The van der Waals surface area contributed by atoms with E-state index in [4.69, 9.17) is 23.3 Å². The van der Waals surface area contributed by atoms with Crippen LogP contribution in [-0.4, -0.2) is 46.5 Å². The van der Waals surface area contributed by atoms with E-state index in [0.717, 1.165) is 12.8 Å². The first-order valence-corrected chi connectivity index (χ1v) is 10.7. The Kier molecular flexibility index (Phi) is 26.9. The third-order valence-corrected chi connectivity index (χ3v) is 3.68. The van der Waals surface area contributed by atoms with E-state index in [1.807, 2.05) is 0 Å². The van der Waals surface area contributed by atoms with Crippen molar-refractivity contribution in [1.29, 1.82) is 0 Å². The summed E-state index contributed by atoms with van der Waals surface area (Å²) < 4.78 is 34.1. The van der Waals surface area contributed by atoms with Gasteiger partial charge in [-0.05, 0) is 32.1 Å². The van der Waals surface area contributed by atoms with Crippen LogP contribution in [0.25, 0.3) is 0 Å². The summed E-state index contributed by atoms with van der Waals surface area (Å²) >= 11 is 0. The maximum Gasteiger partial charge on any atom is 2.00 e. The van der Waals surface area contributed by atoms with Crippen molar-refractivity contribution in [2.75, 3.05) is 0 Å². The molecular formula is C18H35MgNO5S. The summed E-state index contributed by atoms with van der Waals surface area (Å²) in [7, 11) is -5.17. The average Bonchev–Trinajstić information content (AvgIpc) is 2.49. The van der Waals surface area contributed by atoms with Crippen LogP contribution in [0.15, 0.2) is 12.2 Å². The van der Waals surface area contributed by atoms with Gasteiger partial charge in [0.25, 0.3) is 0 Å². The molecule has 8 heteroatoms. The molecule has 0 saturated carbocycles. The molecule has 2 N–H and O–H groups in total. The number of carbonyl (C=O) groups excluding carboxylic acids is 1. The monoisotopic (exact) mass is 401 g/mol. The van der Waals surface area contributed by atoms with Gasteiger partial charge in [0, 0.05) is 16.8 Å². The molecule has 0 aliphatic rings. The molecule has 150 valence electrons. The molecule has 0 aromatic heterocycles. The summed E-state index contributed by atoms with van der Waals surface area (Å²) in [5.74, 6) is -0.164. The van der Waals surface area contributed by atoms with Crippen LogP contribution in [0.2, 0.25) is 0 Å². The number of unbranched alkanes of at least 4 members (excludes halogenated alkanes) is 11. The molecule has 0 radical (unpaired) electrons. The van der Waals surface area contributed by atoms with Gasteiger partial charge in [-0.2, -0.15) is 0 Å². The fraction of sp³-hybridized carbons (Fsp3) is 0.833. The van der Waals surface area contributed by atoms with Gasteiger partial charge >= 0.3 is 23.1 Å². The zero-order valence-electron chi connectivity index (χ0n) is 16.3. The summed E-state index contributed by atoms with van der Waals surface area (Å²) in [5, 5.41) is 0. The largest absolute Gasteiger partial charge is 2.00 e. The van der Waals surface area contributed by atoms with E-state index in [2.05, 4.69) is 19.1 Å². The van der Waals surface area contributed by atoms with Gasteiger partial charge in [-0.3, -0.25) is 13.2 Å².